The van der Waals surface area contributed by atoms with Crippen LogP contribution in [0.15, 0.2) is 48.5 Å². The summed E-state index contributed by atoms with van der Waals surface area (Å²) in [5.74, 6) is 1.95. The van der Waals surface area contributed by atoms with Gasteiger partial charge in [0.15, 0.2) is 0 Å². The van der Waals surface area contributed by atoms with Crippen LogP contribution in [0.5, 0.6) is 11.5 Å². The normalized spacial score (nSPS) is 14.7. The highest BCUT2D eigenvalue weighted by Gasteiger charge is 2.18. The van der Waals surface area contributed by atoms with Crippen molar-refractivity contribution >= 4 is 5.69 Å². The van der Waals surface area contributed by atoms with Crippen LogP contribution in [0.4, 0.5) is 5.69 Å². The Morgan fingerprint density at radius 1 is 0.733 bits per heavy atom. The van der Waals surface area contributed by atoms with Gasteiger partial charge in [-0.3, -0.25) is 4.90 Å². The van der Waals surface area contributed by atoms with E-state index in [0.717, 1.165) is 44.1 Å². The lowest BCUT2D eigenvalue weighted by Crippen LogP contribution is -2.46. The molecule has 3 rings (SSSR count). The van der Waals surface area contributed by atoms with E-state index in [0.29, 0.717) is 0 Å². The topological polar surface area (TPSA) is 24.9 Å². The molecule has 1 heterocycles. The second kappa shape index (κ2) is 12.5. The summed E-state index contributed by atoms with van der Waals surface area (Å²) in [7, 11) is 3.49. The number of benzene rings is 2. The Bertz CT molecular complexity index is 741. The summed E-state index contributed by atoms with van der Waals surface area (Å²) < 4.78 is 10.8. The quantitative estimate of drug-likeness (QED) is 0.437. The third-order valence-electron chi connectivity index (χ3n) is 6.12. The van der Waals surface area contributed by atoms with Gasteiger partial charge in [0.2, 0.25) is 0 Å². The molecule has 0 amide bonds. The van der Waals surface area contributed by atoms with Crippen molar-refractivity contribution in [1.29, 1.82) is 0 Å². The Kier molecular flexibility index (Phi) is 9.36. The highest BCUT2D eigenvalue weighted by Crippen LogP contribution is 2.28. The molecule has 2 aromatic carbocycles. The molecule has 0 unspecified atom stereocenters. The maximum Gasteiger partial charge on any atom is 0.142 e. The molecule has 0 radical (unpaired) electrons. The molecule has 0 spiro atoms. The van der Waals surface area contributed by atoms with Crippen LogP contribution in [-0.2, 0) is 6.42 Å². The molecule has 30 heavy (non-hydrogen) atoms. The summed E-state index contributed by atoms with van der Waals surface area (Å²) in [6.45, 7) is 5.72. The van der Waals surface area contributed by atoms with Crippen LogP contribution in [0.3, 0.4) is 0 Å². The summed E-state index contributed by atoms with van der Waals surface area (Å²) in [6, 6.07) is 16.8. The summed E-state index contributed by atoms with van der Waals surface area (Å²) in [5.41, 5.74) is 2.62. The smallest absolute Gasteiger partial charge is 0.142 e. The molecule has 0 aliphatic carbocycles. The second-order valence-corrected chi connectivity index (χ2v) is 8.22. The van der Waals surface area contributed by atoms with Gasteiger partial charge < -0.3 is 14.4 Å². The maximum atomic E-state index is 5.52. The molecule has 1 aliphatic heterocycles. The lowest BCUT2D eigenvalue weighted by molar-refractivity contribution is 0.251. The molecular weight excluding hydrogens is 372 g/mol. The Balaban J connectivity index is 1.22. The van der Waals surface area contributed by atoms with Crippen LogP contribution < -0.4 is 14.4 Å². The molecule has 4 heteroatoms. The largest absolute Gasteiger partial charge is 0.497 e. The second-order valence-electron chi connectivity index (χ2n) is 8.22. The van der Waals surface area contributed by atoms with E-state index in [1.54, 1.807) is 14.2 Å². The zero-order valence-electron chi connectivity index (χ0n) is 18.8. The van der Waals surface area contributed by atoms with Crippen LogP contribution in [-0.4, -0.2) is 51.8 Å². The lowest BCUT2D eigenvalue weighted by atomic mass is 10.0. The molecule has 1 aliphatic rings. The zero-order chi connectivity index (χ0) is 21.0. The number of ether oxygens (including phenoxy) is 2. The maximum absolute atomic E-state index is 5.52. The van der Waals surface area contributed by atoms with Crippen LogP contribution in [0, 0.1) is 0 Å². The van der Waals surface area contributed by atoms with Gasteiger partial charge in [-0.25, -0.2) is 0 Å². The van der Waals surface area contributed by atoms with Crippen molar-refractivity contribution in [2.75, 3.05) is 51.8 Å². The number of hydrogen-bond acceptors (Lipinski definition) is 4. The number of hydrogen-bond donors (Lipinski definition) is 0. The van der Waals surface area contributed by atoms with E-state index in [1.165, 1.54) is 56.3 Å². The van der Waals surface area contributed by atoms with E-state index < -0.39 is 0 Å². The first-order chi connectivity index (χ1) is 14.8. The van der Waals surface area contributed by atoms with Gasteiger partial charge in [0.05, 0.1) is 19.9 Å². The summed E-state index contributed by atoms with van der Waals surface area (Å²) >= 11 is 0. The molecule has 0 saturated carbocycles. The molecule has 2 aromatic rings. The van der Waals surface area contributed by atoms with Gasteiger partial charge in [0.25, 0.3) is 0 Å². The van der Waals surface area contributed by atoms with E-state index in [1.807, 2.05) is 12.1 Å². The Morgan fingerprint density at radius 3 is 2.23 bits per heavy atom. The number of piperazine rings is 1. The van der Waals surface area contributed by atoms with Gasteiger partial charge in [-0.05, 0) is 55.6 Å². The molecule has 1 fully saturated rings. The third kappa shape index (κ3) is 6.94. The van der Waals surface area contributed by atoms with Gasteiger partial charge in [0.1, 0.15) is 11.5 Å². The predicted octanol–water partition coefficient (Wildman–Crippen LogP) is 5.41. The van der Waals surface area contributed by atoms with Crippen molar-refractivity contribution in [3.8, 4) is 11.5 Å². The molecular formula is C26H38N2O2. The van der Waals surface area contributed by atoms with E-state index >= 15 is 0 Å². The minimum absolute atomic E-state index is 0.969. The molecule has 0 N–H and O–H groups in total. The Labute approximate surface area is 182 Å². The van der Waals surface area contributed by atoms with Crippen LogP contribution >= 0.6 is 0 Å². The molecule has 0 aromatic heterocycles. The summed E-state index contributed by atoms with van der Waals surface area (Å²) in [6.07, 6.45) is 9.15. The number of para-hydroxylation sites is 2. The fourth-order valence-electron chi connectivity index (χ4n) is 4.30. The minimum atomic E-state index is 0.969. The van der Waals surface area contributed by atoms with Gasteiger partial charge in [0, 0.05) is 26.2 Å². The molecule has 1 saturated heterocycles. The molecule has 164 valence electrons. The van der Waals surface area contributed by atoms with Crippen LogP contribution in [0.1, 0.15) is 44.1 Å². The lowest BCUT2D eigenvalue weighted by Gasteiger charge is -2.36. The van der Waals surface area contributed by atoms with E-state index in [-0.39, 0.29) is 0 Å². The average molecular weight is 411 g/mol. The number of unbranched alkanes of at least 4 members (excludes halogenated alkanes) is 5. The first-order valence-corrected chi connectivity index (χ1v) is 11.5. The van der Waals surface area contributed by atoms with Crippen molar-refractivity contribution in [3.05, 3.63) is 54.1 Å². The molecule has 0 atom stereocenters. The van der Waals surface area contributed by atoms with Gasteiger partial charge >= 0.3 is 0 Å². The van der Waals surface area contributed by atoms with Gasteiger partial charge in [-0.15, -0.1) is 0 Å². The Morgan fingerprint density at radius 2 is 1.47 bits per heavy atom. The number of aryl methyl sites for hydroxylation is 1. The highest BCUT2D eigenvalue weighted by atomic mass is 16.5. The van der Waals surface area contributed by atoms with Crippen LogP contribution in [0.25, 0.3) is 0 Å². The standard InChI is InChI=1S/C26H38N2O2/c1-29-24-14-11-13-23(22-24)12-7-5-3-4-6-10-17-27-18-20-28(21-19-27)25-15-8-9-16-26(25)30-2/h8-9,11,13-16,22H,3-7,10,12,17-21H2,1-2H3. The van der Waals surface area contributed by atoms with Gasteiger partial charge in [-0.1, -0.05) is 49.9 Å². The number of nitrogens with zero attached hydrogens (tertiary/aromatic N) is 2. The van der Waals surface area contributed by atoms with Crippen molar-refractivity contribution in [2.45, 2.75) is 44.9 Å². The van der Waals surface area contributed by atoms with Crippen molar-refractivity contribution < 1.29 is 9.47 Å². The monoisotopic (exact) mass is 410 g/mol. The molecule has 4 nitrogen and oxygen atoms in total. The van der Waals surface area contributed by atoms with Gasteiger partial charge in [-0.2, -0.15) is 0 Å². The van der Waals surface area contributed by atoms with E-state index in [4.69, 9.17) is 9.47 Å². The number of anilines is 1. The SMILES string of the molecule is COc1cccc(CCCCCCCCN2CCN(c3ccccc3OC)CC2)c1. The fraction of sp³-hybridized carbons (Fsp3) is 0.538. The summed E-state index contributed by atoms with van der Waals surface area (Å²) in [5, 5.41) is 0. The third-order valence-corrected chi connectivity index (χ3v) is 6.12. The number of methoxy groups -OCH3 is 2. The highest BCUT2D eigenvalue weighted by molar-refractivity contribution is 5.58. The average Bonchev–Trinajstić information content (AvgIpc) is 2.81. The van der Waals surface area contributed by atoms with E-state index in [9.17, 15) is 0 Å². The Hall–Kier alpha value is -2.20. The first kappa shape index (κ1) is 22.5. The van der Waals surface area contributed by atoms with Crippen molar-refractivity contribution in [1.82, 2.24) is 4.90 Å². The van der Waals surface area contributed by atoms with Crippen LogP contribution in [0.2, 0.25) is 0 Å². The fourth-order valence-corrected chi connectivity index (χ4v) is 4.30. The molecule has 0 bridgehead atoms. The van der Waals surface area contributed by atoms with E-state index in [2.05, 4.69) is 46.2 Å². The first-order valence-electron chi connectivity index (χ1n) is 11.5. The van der Waals surface area contributed by atoms with Crippen molar-refractivity contribution in [3.63, 3.8) is 0 Å². The summed E-state index contributed by atoms with van der Waals surface area (Å²) in [4.78, 5) is 5.08. The predicted molar refractivity (Wildman–Crippen MR) is 126 cm³/mol. The minimum Gasteiger partial charge on any atom is -0.497 e. The zero-order valence-corrected chi connectivity index (χ0v) is 18.8. The van der Waals surface area contributed by atoms with Crippen molar-refractivity contribution in [2.24, 2.45) is 0 Å². The number of rotatable bonds is 12.